The van der Waals surface area contributed by atoms with Crippen molar-refractivity contribution < 1.29 is 17.8 Å². The summed E-state index contributed by atoms with van der Waals surface area (Å²) in [6.45, 7) is 1.53. The molecule has 25 heavy (non-hydrogen) atoms. The third-order valence-electron chi connectivity index (χ3n) is 3.49. The van der Waals surface area contributed by atoms with Crippen molar-refractivity contribution in [2.75, 3.05) is 0 Å². The average Bonchev–Trinajstić information content (AvgIpc) is 3.19. The van der Waals surface area contributed by atoms with Crippen LogP contribution in [0, 0.1) is 17.0 Å². The van der Waals surface area contributed by atoms with Crippen LogP contribution < -0.4 is 5.69 Å². The van der Waals surface area contributed by atoms with Crippen molar-refractivity contribution in [2.24, 2.45) is 0 Å². The molecule has 2 heterocycles. The van der Waals surface area contributed by atoms with E-state index < -0.39 is 20.6 Å². The first-order valence-electron chi connectivity index (χ1n) is 6.99. The van der Waals surface area contributed by atoms with E-state index in [9.17, 15) is 23.3 Å². The molecule has 11 heteroatoms. The zero-order chi connectivity index (χ0) is 18.2. The van der Waals surface area contributed by atoms with Crippen molar-refractivity contribution in [3.63, 3.8) is 0 Å². The van der Waals surface area contributed by atoms with E-state index in [2.05, 4.69) is 5.10 Å². The smallest absolute Gasteiger partial charge is 0.361 e. The maximum atomic E-state index is 12.6. The Bertz CT molecular complexity index is 1080. The standard InChI is InChI=1S/C14H12N4O6S/c1-10-15-17(14(19)16(10)9-12-3-2-8-24-12)25(22,23)13-6-4-11(5-7-13)18(20)21/h2-8H,9H2,1H3. The lowest BCUT2D eigenvalue weighted by atomic mass is 10.3. The number of aromatic nitrogens is 3. The molecule has 10 nitrogen and oxygen atoms in total. The van der Waals surface area contributed by atoms with Gasteiger partial charge in [-0.3, -0.25) is 14.7 Å². The van der Waals surface area contributed by atoms with Crippen LogP contribution in [0.3, 0.4) is 0 Å². The van der Waals surface area contributed by atoms with Gasteiger partial charge in [0.05, 0.1) is 22.6 Å². The highest BCUT2D eigenvalue weighted by Gasteiger charge is 2.25. The Morgan fingerprint density at radius 3 is 2.48 bits per heavy atom. The molecule has 1 aromatic carbocycles. The molecule has 0 atom stereocenters. The van der Waals surface area contributed by atoms with Crippen LogP contribution in [0.2, 0.25) is 0 Å². The van der Waals surface area contributed by atoms with E-state index in [1.165, 1.54) is 13.2 Å². The van der Waals surface area contributed by atoms with Crippen molar-refractivity contribution in [1.82, 2.24) is 13.8 Å². The van der Waals surface area contributed by atoms with E-state index >= 15 is 0 Å². The molecule has 0 fully saturated rings. The Kier molecular flexibility index (Phi) is 4.00. The summed E-state index contributed by atoms with van der Waals surface area (Å²) >= 11 is 0. The first-order chi connectivity index (χ1) is 11.8. The molecule has 130 valence electrons. The van der Waals surface area contributed by atoms with E-state index in [0.29, 0.717) is 9.85 Å². The summed E-state index contributed by atoms with van der Waals surface area (Å²) in [4.78, 5) is 22.2. The van der Waals surface area contributed by atoms with Crippen LogP contribution in [-0.2, 0) is 16.6 Å². The van der Waals surface area contributed by atoms with Crippen molar-refractivity contribution in [1.29, 1.82) is 0 Å². The van der Waals surface area contributed by atoms with Gasteiger partial charge in [-0.15, -0.1) is 5.10 Å². The topological polar surface area (TPSA) is 130 Å². The minimum atomic E-state index is -4.27. The molecular weight excluding hydrogens is 352 g/mol. The van der Waals surface area contributed by atoms with Crippen LogP contribution in [0.1, 0.15) is 11.6 Å². The molecule has 0 aliphatic rings. The molecule has 0 unspecified atom stereocenters. The molecule has 0 spiro atoms. The van der Waals surface area contributed by atoms with Crippen molar-refractivity contribution in [3.8, 4) is 0 Å². The van der Waals surface area contributed by atoms with Gasteiger partial charge >= 0.3 is 5.69 Å². The second kappa shape index (κ2) is 6.02. The fourth-order valence-electron chi connectivity index (χ4n) is 2.21. The predicted molar refractivity (Wildman–Crippen MR) is 84.7 cm³/mol. The van der Waals surface area contributed by atoms with Gasteiger partial charge in [0.15, 0.2) is 0 Å². The summed E-state index contributed by atoms with van der Waals surface area (Å²) in [7, 11) is -4.27. The van der Waals surface area contributed by atoms with Gasteiger partial charge in [-0.1, -0.05) is 4.09 Å². The first-order valence-corrected chi connectivity index (χ1v) is 8.43. The minimum Gasteiger partial charge on any atom is -0.467 e. The fourth-order valence-corrected chi connectivity index (χ4v) is 3.42. The molecule has 0 N–H and O–H groups in total. The van der Waals surface area contributed by atoms with Gasteiger partial charge in [-0.25, -0.2) is 4.79 Å². The number of furan rings is 1. The van der Waals surface area contributed by atoms with Crippen LogP contribution in [0.5, 0.6) is 0 Å². The number of hydrogen-bond donors (Lipinski definition) is 0. The Balaban J connectivity index is 2.03. The van der Waals surface area contributed by atoms with Crippen molar-refractivity contribution >= 4 is 15.7 Å². The van der Waals surface area contributed by atoms with Gasteiger partial charge in [0.1, 0.15) is 11.6 Å². The Hall–Kier alpha value is -3.21. The zero-order valence-electron chi connectivity index (χ0n) is 12.9. The van der Waals surface area contributed by atoms with E-state index in [0.717, 1.165) is 28.8 Å². The van der Waals surface area contributed by atoms with Gasteiger partial charge in [0, 0.05) is 12.1 Å². The van der Waals surface area contributed by atoms with Crippen LogP contribution in [-0.4, -0.2) is 27.1 Å². The van der Waals surface area contributed by atoms with E-state index in [-0.39, 0.29) is 23.0 Å². The van der Waals surface area contributed by atoms with Crippen LogP contribution >= 0.6 is 0 Å². The molecule has 3 aromatic rings. The number of nitro groups is 1. The van der Waals surface area contributed by atoms with Gasteiger partial charge in [0.2, 0.25) is 0 Å². The molecule has 0 saturated carbocycles. The first kappa shape index (κ1) is 16.6. The largest absolute Gasteiger partial charge is 0.467 e. The minimum absolute atomic E-state index is 0.0352. The van der Waals surface area contributed by atoms with Crippen LogP contribution in [0.4, 0.5) is 5.69 Å². The lowest BCUT2D eigenvalue weighted by molar-refractivity contribution is -0.384. The number of aryl methyl sites for hydroxylation is 1. The maximum Gasteiger partial charge on any atom is 0.361 e. The summed E-state index contributed by atoms with van der Waals surface area (Å²) in [5.74, 6) is 0.657. The Labute approximate surface area is 141 Å². The van der Waals surface area contributed by atoms with E-state index in [1.54, 1.807) is 12.1 Å². The molecule has 2 aromatic heterocycles. The summed E-state index contributed by atoms with van der Waals surface area (Å²) in [5, 5.41) is 14.5. The molecule has 0 amide bonds. The second-order valence-electron chi connectivity index (χ2n) is 5.09. The second-order valence-corrected chi connectivity index (χ2v) is 6.86. The van der Waals surface area contributed by atoms with E-state index in [1.807, 2.05) is 0 Å². The summed E-state index contributed by atoms with van der Waals surface area (Å²) in [5.41, 5.74) is -1.11. The predicted octanol–water partition coefficient (Wildman–Crippen LogP) is 1.14. The summed E-state index contributed by atoms with van der Waals surface area (Å²) in [6, 6.07) is 7.50. The number of nitrogens with zero attached hydrogens (tertiary/aromatic N) is 4. The average molecular weight is 364 g/mol. The molecule has 0 bridgehead atoms. The molecule has 3 rings (SSSR count). The SMILES string of the molecule is Cc1nn(S(=O)(=O)c2ccc([N+](=O)[O-])cc2)c(=O)n1Cc1ccco1. The van der Waals surface area contributed by atoms with Crippen molar-refractivity contribution in [3.05, 3.63) is 74.8 Å². The highest BCUT2D eigenvalue weighted by atomic mass is 32.2. The van der Waals surface area contributed by atoms with Crippen molar-refractivity contribution in [2.45, 2.75) is 18.4 Å². The van der Waals surface area contributed by atoms with E-state index in [4.69, 9.17) is 4.42 Å². The van der Waals surface area contributed by atoms with Crippen LogP contribution in [0.15, 0.2) is 56.8 Å². The molecule has 0 aliphatic carbocycles. The molecular formula is C14H12N4O6S. The summed E-state index contributed by atoms with van der Waals surface area (Å²) < 4.78 is 31.9. The monoisotopic (exact) mass is 364 g/mol. The third kappa shape index (κ3) is 2.96. The number of nitro benzene ring substituents is 1. The molecule has 0 aliphatic heterocycles. The molecule has 0 radical (unpaired) electrons. The highest BCUT2D eigenvalue weighted by Crippen LogP contribution is 2.17. The van der Waals surface area contributed by atoms with Gasteiger partial charge in [-0.2, -0.15) is 8.42 Å². The number of hydrogen-bond acceptors (Lipinski definition) is 7. The zero-order valence-corrected chi connectivity index (χ0v) is 13.7. The lowest BCUT2D eigenvalue weighted by Crippen LogP contribution is -2.30. The maximum absolute atomic E-state index is 12.6. The lowest BCUT2D eigenvalue weighted by Gasteiger charge is -2.02. The Morgan fingerprint density at radius 2 is 1.92 bits per heavy atom. The summed E-state index contributed by atoms with van der Waals surface area (Å²) in [6.07, 6.45) is 1.44. The number of non-ortho nitro benzene ring substituents is 1. The van der Waals surface area contributed by atoms with Gasteiger partial charge in [0.25, 0.3) is 15.7 Å². The third-order valence-corrected chi connectivity index (χ3v) is 5.05. The fraction of sp³-hybridized carbons (Fsp3) is 0.143. The quantitative estimate of drug-likeness (QED) is 0.490. The Morgan fingerprint density at radius 1 is 1.24 bits per heavy atom. The van der Waals surface area contributed by atoms with Crippen LogP contribution in [0.25, 0.3) is 0 Å². The highest BCUT2D eigenvalue weighted by molar-refractivity contribution is 7.89. The number of rotatable bonds is 5. The van der Waals surface area contributed by atoms with Gasteiger partial charge in [-0.05, 0) is 31.2 Å². The molecule has 0 saturated heterocycles. The van der Waals surface area contributed by atoms with Gasteiger partial charge < -0.3 is 4.42 Å². The number of benzene rings is 1. The normalized spacial score (nSPS) is 11.6.